The molecule has 1 heterocycles. The molecule has 5 heteroatoms. The van der Waals surface area contributed by atoms with Gasteiger partial charge in [0.2, 0.25) is 0 Å². The minimum atomic E-state index is -0.625. The largest absolute Gasteiger partial charge is 0.443 e. The van der Waals surface area contributed by atoms with Crippen LogP contribution in [-0.2, 0) is 21.5 Å². The van der Waals surface area contributed by atoms with Gasteiger partial charge in [0, 0.05) is 38.9 Å². The van der Waals surface area contributed by atoms with Crippen molar-refractivity contribution in [2.45, 2.75) is 38.4 Å². The van der Waals surface area contributed by atoms with Crippen LogP contribution in [0.3, 0.4) is 0 Å². The van der Waals surface area contributed by atoms with E-state index < -0.39 is 11.2 Å². The Kier molecular flexibility index (Phi) is 5.39. The van der Waals surface area contributed by atoms with E-state index in [0.29, 0.717) is 13.0 Å². The van der Waals surface area contributed by atoms with E-state index in [9.17, 15) is 4.79 Å². The van der Waals surface area contributed by atoms with Gasteiger partial charge in [0.05, 0.1) is 12.2 Å². The molecule has 0 spiro atoms. The van der Waals surface area contributed by atoms with Crippen molar-refractivity contribution >= 4 is 17.5 Å². The topological polar surface area (TPSA) is 42.0 Å². The minimum absolute atomic E-state index is 0.347. The van der Waals surface area contributed by atoms with E-state index in [1.165, 1.54) is 5.56 Å². The maximum atomic E-state index is 12.9. The number of nitrogens with zero attached hydrogens (tertiary/aromatic N) is 2. The van der Waals surface area contributed by atoms with Gasteiger partial charge >= 0.3 is 6.09 Å². The van der Waals surface area contributed by atoms with Gasteiger partial charge in [-0.15, -0.1) is 0 Å². The fourth-order valence-electron chi connectivity index (χ4n) is 3.80. The first-order valence-electron chi connectivity index (χ1n) is 9.57. The van der Waals surface area contributed by atoms with Gasteiger partial charge in [0.25, 0.3) is 0 Å². The molecule has 28 heavy (non-hydrogen) atoms. The second-order valence-electron chi connectivity index (χ2n) is 8.48. The van der Waals surface area contributed by atoms with Crippen molar-refractivity contribution in [1.29, 1.82) is 0 Å². The van der Waals surface area contributed by atoms with E-state index >= 15 is 0 Å². The lowest BCUT2D eigenvalue weighted by molar-refractivity contribution is -0.00266. The summed E-state index contributed by atoms with van der Waals surface area (Å²) < 4.78 is 11.8. The number of anilines is 2. The first-order chi connectivity index (χ1) is 13.2. The van der Waals surface area contributed by atoms with Crippen molar-refractivity contribution in [2.24, 2.45) is 0 Å². The molecule has 0 saturated carbocycles. The molecule has 2 aromatic carbocycles. The Morgan fingerprint density at radius 1 is 1.11 bits per heavy atom. The number of para-hydroxylation sites is 2. The SMILES string of the molecule is COC1(Cc2ccccc2N(C)C)CN(C(=O)OC(C)(C)C)c2ccccc21. The fraction of sp³-hybridized carbons (Fsp3) is 0.435. The highest BCUT2D eigenvalue weighted by molar-refractivity contribution is 5.91. The highest BCUT2D eigenvalue weighted by Crippen LogP contribution is 2.44. The van der Waals surface area contributed by atoms with Crippen LogP contribution in [0.5, 0.6) is 0 Å². The maximum absolute atomic E-state index is 12.9. The summed E-state index contributed by atoms with van der Waals surface area (Å²) in [6.07, 6.45) is 0.313. The number of hydrogen-bond acceptors (Lipinski definition) is 4. The summed E-state index contributed by atoms with van der Waals surface area (Å²) in [7, 11) is 5.79. The molecule has 1 aliphatic rings. The van der Waals surface area contributed by atoms with E-state index in [1.54, 1.807) is 12.0 Å². The second-order valence-corrected chi connectivity index (χ2v) is 8.48. The van der Waals surface area contributed by atoms with Crippen LogP contribution in [0.15, 0.2) is 48.5 Å². The fourth-order valence-corrected chi connectivity index (χ4v) is 3.80. The van der Waals surface area contributed by atoms with Crippen LogP contribution in [0, 0.1) is 0 Å². The Morgan fingerprint density at radius 3 is 2.39 bits per heavy atom. The highest BCUT2D eigenvalue weighted by atomic mass is 16.6. The number of hydrogen-bond donors (Lipinski definition) is 0. The van der Waals surface area contributed by atoms with Gasteiger partial charge in [-0.05, 0) is 38.5 Å². The van der Waals surface area contributed by atoms with Gasteiger partial charge in [0.15, 0.2) is 0 Å². The molecule has 1 unspecified atom stereocenters. The average Bonchev–Trinajstić information content (AvgIpc) is 2.96. The summed E-state index contributed by atoms with van der Waals surface area (Å²) >= 11 is 0. The first-order valence-corrected chi connectivity index (χ1v) is 9.57. The van der Waals surface area contributed by atoms with Gasteiger partial charge in [-0.25, -0.2) is 4.79 Å². The summed E-state index contributed by atoms with van der Waals surface area (Å²) in [5.74, 6) is 0. The van der Waals surface area contributed by atoms with Crippen LogP contribution in [0.2, 0.25) is 0 Å². The molecule has 1 atom stereocenters. The van der Waals surface area contributed by atoms with Gasteiger partial charge in [0.1, 0.15) is 11.2 Å². The Labute approximate surface area is 167 Å². The monoisotopic (exact) mass is 382 g/mol. The standard InChI is InChI=1S/C23H30N2O3/c1-22(2,3)28-21(26)25-16-23(27-6,18-12-8-10-14-20(18)25)15-17-11-7-9-13-19(17)24(4)5/h7-14H,15-16H2,1-6H3. The first kappa shape index (κ1) is 20.2. The summed E-state index contributed by atoms with van der Waals surface area (Å²) in [5, 5.41) is 0. The maximum Gasteiger partial charge on any atom is 0.414 e. The van der Waals surface area contributed by atoms with E-state index in [-0.39, 0.29) is 6.09 Å². The molecular weight excluding hydrogens is 352 g/mol. The van der Waals surface area contributed by atoms with Gasteiger partial charge in [-0.1, -0.05) is 36.4 Å². The molecule has 0 aromatic heterocycles. The van der Waals surface area contributed by atoms with Crippen LogP contribution in [0.4, 0.5) is 16.2 Å². The van der Waals surface area contributed by atoms with E-state index in [4.69, 9.17) is 9.47 Å². The molecule has 0 N–H and O–H groups in total. The number of methoxy groups -OCH3 is 1. The molecule has 5 nitrogen and oxygen atoms in total. The summed E-state index contributed by atoms with van der Waals surface area (Å²) in [6, 6.07) is 16.2. The molecule has 1 aliphatic heterocycles. The third-order valence-corrected chi connectivity index (χ3v) is 5.05. The Morgan fingerprint density at radius 2 is 1.75 bits per heavy atom. The molecule has 150 valence electrons. The summed E-state index contributed by atoms with van der Waals surface area (Å²) in [4.78, 5) is 16.7. The number of carbonyl (C=O) groups excluding carboxylic acids is 1. The molecule has 0 bridgehead atoms. The molecule has 3 rings (SSSR count). The highest BCUT2D eigenvalue weighted by Gasteiger charge is 2.46. The number of benzene rings is 2. The zero-order valence-electron chi connectivity index (χ0n) is 17.7. The number of ether oxygens (including phenoxy) is 2. The zero-order valence-corrected chi connectivity index (χ0v) is 17.7. The third kappa shape index (κ3) is 3.85. The normalized spacial score (nSPS) is 18.7. The Balaban J connectivity index is 2.01. The predicted octanol–water partition coefficient (Wildman–Crippen LogP) is 4.59. The predicted molar refractivity (Wildman–Crippen MR) is 113 cm³/mol. The minimum Gasteiger partial charge on any atom is -0.443 e. The molecule has 0 saturated heterocycles. The molecule has 1 amide bonds. The Hall–Kier alpha value is -2.53. The lowest BCUT2D eigenvalue weighted by Crippen LogP contribution is -2.42. The van der Waals surface area contributed by atoms with Crippen LogP contribution < -0.4 is 9.80 Å². The van der Waals surface area contributed by atoms with E-state index in [1.807, 2.05) is 71.3 Å². The van der Waals surface area contributed by atoms with Crippen molar-refractivity contribution in [3.63, 3.8) is 0 Å². The van der Waals surface area contributed by atoms with Crippen molar-refractivity contribution in [3.05, 3.63) is 59.7 Å². The summed E-state index contributed by atoms with van der Waals surface area (Å²) in [5.41, 5.74) is 3.00. The molecule has 2 aromatic rings. The van der Waals surface area contributed by atoms with Gasteiger partial charge in [-0.3, -0.25) is 4.90 Å². The second kappa shape index (κ2) is 7.47. The van der Waals surface area contributed by atoms with Crippen molar-refractivity contribution in [1.82, 2.24) is 0 Å². The number of amides is 1. The third-order valence-electron chi connectivity index (χ3n) is 5.05. The lowest BCUT2D eigenvalue weighted by atomic mass is 9.88. The van der Waals surface area contributed by atoms with Crippen molar-refractivity contribution < 1.29 is 14.3 Å². The van der Waals surface area contributed by atoms with Crippen molar-refractivity contribution in [3.8, 4) is 0 Å². The van der Waals surface area contributed by atoms with E-state index in [0.717, 1.165) is 16.9 Å². The van der Waals surface area contributed by atoms with Gasteiger partial charge < -0.3 is 14.4 Å². The lowest BCUT2D eigenvalue weighted by Gasteiger charge is -2.31. The number of rotatable bonds is 4. The molecule has 0 radical (unpaired) electrons. The van der Waals surface area contributed by atoms with Crippen LogP contribution in [0.25, 0.3) is 0 Å². The van der Waals surface area contributed by atoms with Crippen LogP contribution in [-0.4, -0.2) is 39.4 Å². The quantitative estimate of drug-likeness (QED) is 0.775. The zero-order chi connectivity index (χ0) is 20.5. The molecule has 0 aliphatic carbocycles. The number of fused-ring (bicyclic) bond motifs is 1. The molecular formula is C23H30N2O3. The van der Waals surface area contributed by atoms with Crippen LogP contribution >= 0.6 is 0 Å². The van der Waals surface area contributed by atoms with Crippen molar-refractivity contribution in [2.75, 3.05) is 37.5 Å². The summed E-state index contributed by atoms with van der Waals surface area (Å²) in [6.45, 7) is 6.05. The van der Waals surface area contributed by atoms with Gasteiger partial charge in [-0.2, -0.15) is 0 Å². The number of carbonyl (C=O) groups is 1. The van der Waals surface area contributed by atoms with Crippen LogP contribution in [0.1, 0.15) is 31.9 Å². The molecule has 0 fully saturated rings. The average molecular weight is 383 g/mol. The van der Waals surface area contributed by atoms with E-state index in [2.05, 4.69) is 17.0 Å². The Bertz CT molecular complexity index is 857. The smallest absolute Gasteiger partial charge is 0.414 e.